The molecule has 0 aromatic rings. The molecule has 4 nitrogen and oxygen atoms in total. The maximum Gasteiger partial charge on any atom is 0.325 e. The molecule has 0 fully saturated rings. The van der Waals surface area contributed by atoms with E-state index in [9.17, 15) is 4.79 Å². The minimum Gasteiger partial charge on any atom is -0.468 e. The number of esters is 1. The smallest absolute Gasteiger partial charge is 0.325 e. The first-order valence-electron chi connectivity index (χ1n) is 4.99. The number of hydrogen-bond donors (Lipinski definition) is 1. The fourth-order valence-corrected chi connectivity index (χ4v) is 1.12. The third-order valence-corrected chi connectivity index (χ3v) is 1.98. The van der Waals surface area contributed by atoms with Crippen molar-refractivity contribution >= 4 is 5.97 Å². The molecule has 1 unspecified atom stereocenters. The van der Waals surface area contributed by atoms with Crippen LogP contribution in [0.3, 0.4) is 0 Å². The lowest BCUT2D eigenvalue weighted by atomic mass is 9.98. The normalized spacial score (nSPS) is 14.9. The first-order valence-corrected chi connectivity index (χ1v) is 4.99. The van der Waals surface area contributed by atoms with Crippen LogP contribution >= 0.6 is 0 Å². The van der Waals surface area contributed by atoms with Crippen LogP contribution in [-0.2, 0) is 14.3 Å². The molecule has 0 saturated heterocycles. The fourth-order valence-electron chi connectivity index (χ4n) is 1.12. The maximum absolute atomic E-state index is 11.2. The molecule has 0 amide bonds. The molecule has 84 valence electrons. The van der Waals surface area contributed by atoms with Crippen molar-refractivity contribution in [3.05, 3.63) is 0 Å². The van der Waals surface area contributed by atoms with E-state index in [1.54, 1.807) is 6.92 Å². The van der Waals surface area contributed by atoms with Crippen LogP contribution in [0.4, 0.5) is 0 Å². The SMILES string of the molecule is CCCOCCCC(C)(N)C(=O)OC. The van der Waals surface area contributed by atoms with Gasteiger partial charge in [-0.2, -0.15) is 0 Å². The summed E-state index contributed by atoms with van der Waals surface area (Å²) in [4.78, 5) is 11.2. The number of carbonyl (C=O) groups is 1. The highest BCUT2D eigenvalue weighted by Crippen LogP contribution is 2.10. The summed E-state index contributed by atoms with van der Waals surface area (Å²) in [6, 6.07) is 0. The molecule has 0 saturated carbocycles. The van der Waals surface area contributed by atoms with Crippen LogP contribution in [0.15, 0.2) is 0 Å². The molecule has 0 radical (unpaired) electrons. The van der Waals surface area contributed by atoms with Crippen molar-refractivity contribution in [1.82, 2.24) is 0 Å². The Kier molecular flexibility index (Phi) is 6.49. The molecule has 2 N–H and O–H groups in total. The lowest BCUT2D eigenvalue weighted by Crippen LogP contribution is -2.45. The van der Waals surface area contributed by atoms with Gasteiger partial charge in [-0.1, -0.05) is 6.92 Å². The highest BCUT2D eigenvalue weighted by molar-refractivity contribution is 5.79. The van der Waals surface area contributed by atoms with Gasteiger partial charge in [0.15, 0.2) is 0 Å². The van der Waals surface area contributed by atoms with Crippen LogP contribution in [0.25, 0.3) is 0 Å². The number of ether oxygens (including phenoxy) is 2. The first-order chi connectivity index (χ1) is 6.54. The maximum atomic E-state index is 11.2. The molecule has 0 rings (SSSR count). The van der Waals surface area contributed by atoms with Gasteiger partial charge in [0, 0.05) is 13.2 Å². The number of carbonyl (C=O) groups excluding carboxylic acids is 1. The molecule has 0 bridgehead atoms. The predicted molar refractivity (Wildman–Crippen MR) is 55.0 cm³/mol. The van der Waals surface area contributed by atoms with Gasteiger partial charge in [0.2, 0.25) is 0 Å². The zero-order valence-electron chi connectivity index (χ0n) is 9.34. The molecule has 1 atom stereocenters. The third kappa shape index (κ3) is 5.19. The quantitative estimate of drug-likeness (QED) is 0.497. The Labute approximate surface area is 85.8 Å². The molecule has 0 aromatic heterocycles. The van der Waals surface area contributed by atoms with Crippen LogP contribution in [0.2, 0.25) is 0 Å². The molecule has 4 heteroatoms. The molecule has 0 aliphatic rings. The zero-order chi connectivity index (χ0) is 11.0. The van der Waals surface area contributed by atoms with Crippen LogP contribution in [0, 0.1) is 0 Å². The van der Waals surface area contributed by atoms with Crippen LogP contribution < -0.4 is 5.73 Å². The molecular weight excluding hydrogens is 182 g/mol. The average molecular weight is 203 g/mol. The molecular formula is C10H21NO3. The Morgan fingerprint density at radius 2 is 2.07 bits per heavy atom. The Morgan fingerprint density at radius 3 is 2.57 bits per heavy atom. The van der Waals surface area contributed by atoms with Crippen molar-refractivity contribution in [2.24, 2.45) is 5.73 Å². The highest BCUT2D eigenvalue weighted by atomic mass is 16.5. The minimum atomic E-state index is -0.885. The van der Waals surface area contributed by atoms with Gasteiger partial charge >= 0.3 is 5.97 Å². The Balaban J connectivity index is 3.60. The summed E-state index contributed by atoms with van der Waals surface area (Å²) in [5.41, 5.74) is 4.87. The zero-order valence-corrected chi connectivity index (χ0v) is 9.34. The third-order valence-electron chi connectivity index (χ3n) is 1.98. The van der Waals surface area contributed by atoms with E-state index in [2.05, 4.69) is 11.7 Å². The summed E-state index contributed by atoms with van der Waals surface area (Å²) in [5, 5.41) is 0. The van der Waals surface area contributed by atoms with Crippen LogP contribution in [0.5, 0.6) is 0 Å². The largest absolute Gasteiger partial charge is 0.468 e. The molecule has 0 aliphatic heterocycles. The molecule has 0 heterocycles. The van der Waals surface area contributed by atoms with E-state index in [0.717, 1.165) is 19.4 Å². The predicted octanol–water partition coefficient (Wildman–Crippen LogP) is 1.08. The van der Waals surface area contributed by atoms with E-state index in [1.165, 1.54) is 7.11 Å². The van der Waals surface area contributed by atoms with Gasteiger partial charge in [0.05, 0.1) is 7.11 Å². The van der Waals surface area contributed by atoms with E-state index < -0.39 is 5.54 Å². The Bertz CT molecular complexity index is 169. The first kappa shape index (κ1) is 13.4. The van der Waals surface area contributed by atoms with E-state index in [1.807, 2.05) is 0 Å². The van der Waals surface area contributed by atoms with Crippen molar-refractivity contribution in [3.8, 4) is 0 Å². The van der Waals surface area contributed by atoms with E-state index >= 15 is 0 Å². The lowest BCUT2D eigenvalue weighted by Gasteiger charge is -2.20. The van der Waals surface area contributed by atoms with E-state index in [4.69, 9.17) is 10.5 Å². The molecule has 0 spiro atoms. The van der Waals surface area contributed by atoms with Gasteiger partial charge < -0.3 is 15.2 Å². The van der Waals surface area contributed by atoms with Crippen LogP contribution in [0.1, 0.15) is 33.1 Å². The van der Waals surface area contributed by atoms with Gasteiger partial charge in [0.25, 0.3) is 0 Å². The van der Waals surface area contributed by atoms with Crippen LogP contribution in [-0.4, -0.2) is 31.8 Å². The van der Waals surface area contributed by atoms with Crippen molar-refractivity contribution in [2.75, 3.05) is 20.3 Å². The Morgan fingerprint density at radius 1 is 1.43 bits per heavy atom. The van der Waals surface area contributed by atoms with E-state index in [0.29, 0.717) is 13.0 Å². The monoisotopic (exact) mass is 203 g/mol. The standard InChI is InChI=1S/C10H21NO3/c1-4-7-14-8-5-6-10(2,11)9(12)13-3/h4-8,11H2,1-3H3. The van der Waals surface area contributed by atoms with Crippen molar-refractivity contribution in [1.29, 1.82) is 0 Å². The number of methoxy groups -OCH3 is 1. The number of rotatable bonds is 7. The topological polar surface area (TPSA) is 61.5 Å². The Hall–Kier alpha value is -0.610. The van der Waals surface area contributed by atoms with Crippen molar-refractivity contribution in [3.63, 3.8) is 0 Å². The summed E-state index contributed by atoms with van der Waals surface area (Å²) in [5.74, 6) is -0.368. The fraction of sp³-hybridized carbons (Fsp3) is 0.900. The second kappa shape index (κ2) is 6.79. The van der Waals surface area contributed by atoms with E-state index in [-0.39, 0.29) is 5.97 Å². The molecule has 0 aliphatic carbocycles. The highest BCUT2D eigenvalue weighted by Gasteiger charge is 2.28. The second-order valence-corrected chi connectivity index (χ2v) is 3.62. The molecule has 14 heavy (non-hydrogen) atoms. The summed E-state index contributed by atoms with van der Waals surface area (Å²) in [7, 11) is 1.35. The lowest BCUT2D eigenvalue weighted by molar-refractivity contribution is -0.146. The summed E-state index contributed by atoms with van der Waals surface area (Å²) >= 11 is 0. The van der Waals surface area contributed by atoms with Gasteiger partial charge in [-0.25, -0.2) is 0 Å². The van der Waals surface area contributed by atoms with Crippen molar-refractivity contribution in [2.45, 2.75) is 38.6 Å². The minimum absolute atomic E-state index is 0.368. The van der Waals surface area contributed by atoms with Gasteiger partial charge in [0.1, 0.15) is 5.54 Å². The average Bonchev–Trinajstić information content (AvgIpc) is 2.16. The number of nitrogens with two attached hydrogens (primary N) is 1. The van der Waals surface area contributed by atoms with Gasteiger partial charge in [-0.3, -0.25) is 4.79 Å². The summed E-state index contributed by atoms with van der Waals surface area (Å²) < 4.78 is 9.87. The second-order valence-electron chi connectivity index (χ2n) is 3.62. The van der Waals surface area contributed by atoms with Crippen molar-refractivity contribution < 1.29 is 14.3 Å². The molecule has 0 aromatic carbocycles. The van der Waals surface area contributed by atoms with Gasteiger partial charge in [-0.15, -0.1) is 0 Å². The summed E-state index contributed by atoms with van der Waals surface area (Å²) in [6.07, 6.45) is 2.38. The summed E-state index contributed by atoms with van der Waals surface area (Å²) in [6.45, 7) is 5.15. The number of hydrogen-bond acceptors (Lipinski definition) is 4. The van der Waals surface area contributed by atoms with Gasteiger partial charge in [-0.05, 0) is 26.2 Å².